The maximum Gasteiger partial charge on any atom is 0.115 e. The zero-order valence-corrected chi connectivity index (χ0v) is 7.18. The lowest BCUT2D eigenvalue weighted by molar-refractivity contribution is 0.135. The standard InChI is InChI=1S/C10H12O3/c11-8-3-1-7(2-4-8)5-9(12)10-6-13-10/h1-4,9-12H,5-6H2/t9-,10+/m0/s1. The van der Waals surface area contributed by atoms with E-state index < -0.39 is 6.10 Å². The Hall–Kier alpha value is -1.06. The van der Waals surface area contributed by atoms with Crippen LogP contribution in [0.1, 0.15) is 5.56 Å². The summed E-state index contributed by atoms with van der Waals surface area (Å²) >= 11 is 0. The predicted octanol–water partition coefficient (Wildman–Crippen LogP) is 0.694. The largest absolute Gasteiger partial charge is 0.508 e. The first-order chi connectivity index (χ1) is 6.25. The summed E-state index contributed by atoms with van der Waals surface area (Å²) in [5.41, 5.74) is 1.01. The minimum Gasteiger partial charge on any atom is -0.508 e. The number of hydrogen-bond acceptors (Lipinski definition) is 3. The number of epoxide rings is 1. The number of phenolic OH excluding ortho intramolecular Hbond substituents is 1. The molecule has 2 atom stereocenters. The van der Waals surface area contributed by atoms with Crippen LogP contribution >= 0.6 is 0 Å². The SMILES string of the molecule is Oc1ccc(C[C@H](O)[C@H]2CO2)cc1. The minimum absolute atomic E-state index is 0.0220. The fraction of sp³-hybridized carbons (Fsp3) is 0.400. The molecule has 1 fully saturated rings. The van der Waals surface area contributed by atoms with Gasteiger partial charge < -0.3 is 14.9 Å². The van der Waals surface area contributed by atoms with Gasteiger partial charge >= 0.3 is 0 Å². The first-order valence-corrected chi connectivity index (χ1v) is 4.33. The highest BCUT2D eigenvalue weighted by atomic mass is 16.6. The number of aliphatic hydroxyl groups excluding tert-OH is 1. The predicted molar refractivity (Wildman–Crippen MR) is 47.6 cm³/mol. The number of benzene rings is 1. The summed E-state index contributed by atoms with van der Waals surface area (Å²) in [6.07, 6.45) is 0.198. The summed E-state index contributed by atoms with van der Waals surface area (Å²) in [4.78, 5) is 0. The molecule has 0 bridgehead atoms. The lowest BCUT2D eigenvalue weighted by atomic mass is 10.1. The van der Waals surface area contributed by atoms with E-state index in [0.717, 1.165) is 5.56 Å². The molecule has 0 aliphatic carbocycles. The second kappa shape index (κ2) is 3.36. The Morgan fingerprint density at radius 1 is 1.38 bits per heavy atom. The van der Waals surface area contributed by atoms with Crippen molar-refractivity contribution in [3.63, 3.8) is 0 Å². The second-order valence-corrected chi connectivity index (χ2v) is 3.31. The lowest BCUT2D eigenvalue weighted by Gasteiger charge is -2.06. The monoisotopic (exact) mass is 180 g/mol. The van der Waals surface area contributed by atoms with Gasteiger partial charge in [-0.25, -0.2) is 0 Å². The Morgan fingerprint density at radius 2 is 2.00 bits per heavy atom. The van der Waals surface area contributed by atoms with Crippen LogP contribution in [0, 0.1) is 0 Å². The first-order valence-electron chi connectivity index (χ1n) is 4.33. The summed E-state index contributed by atoms with van der Waals surface area (Å²) in [7, 11) is 0. The first kappa shape index (κ1) is 8.53. The molecule has 3 heteroatoms. The van der Waals surface area contributed by atoms with Gasteiger partial charge in [0.15, 0.2) is 0 Å². The van der Waals surface area contributed by atoms with Gasteiger partial charge in [0.25, 0.3) is 0 Å². The van der Waals surface area contributed by atoms with E-state index in [-0.39, 0.29) is 11.9 Å². The van der Waals surface area contributed by atoms with Crippen LogP contribution in [0.25, 0.3) is 0 Å². The van der Waals surface area contributed by atoms with Gasteiger partial charge in [0.2, 0.25) is 0 Å². The summed E-state index contributed by atoms with van der Waals surface area (Å²) in [6.45, 7) is 0.666. The van der Waals surface area contributed by atoms with Gasteiger partial charge in [-0.1, -0.05) is 12.1 Å². The van der Waals surface area contributed by atoms with E-state index in [1.54, 1.807) is 24.3 Å². The molecule has 0 spiro atoms. The van der Waals surface area contributed by atoms with Crippen molar-refractivity contribution in [2.24, 2.45) is 0 Å². The minimum atomic E-state index is -0.412. The van der Waals surface area contributed by atoms with E-state index in [0.29, 0.717) is 13.0 Å². The van der Waals surface area contributed by atoms with E-state index in [1.165, 1.54) is 0 Å². The van der Waals surface area contributed by atoms with E-state index >= 15 is 0 Å². The Balaban J connectivity index is 1.96. The molecule has 1 aliphatic rings. The molecule has 1 saturated heterocycles. The fourth-order valence-electron chi connectivity index (χ4n) is 1.28. The van der Waals surface area contributed by atoms with Crippen LogP contribution in [-0.4, -0.2) is 29.0 Å². The molecule has 1 heterocycles. The van der Waals surface area contributed by atoms with Crippen LogP contribution < -0.4 is 0 Å². The number of ether oxygens (including phenoxy) is 1. The van der Waals surface area contributed by atoms with Crippen molar-refractivity contribution in [3.05, 3.63) is 29.8 Å². The van der Waals surface area contributed by atoms with Gasteiger partial charge in [-0.05, 0) is 17.7 Å². The van der Waals surface area contributed by atoms with Crippen LogP contribution in [0.5, 0.6) is 5.75 Å². The smallest absolute Gasteiger partial charge is 0.115 e. The van der Waals surface area contributed by atoms with Gasteiger partial charge in [0.05, 0.1) is 12.7 Å². The maximum absolute atomic E-state index is 9.52. The highest BCUT2D eigenvalue weighted by Gasteiger charge is 2.30. The van der Waals surface area contributed by atoms with Crippen molar-refractivity contribution in [1.82, 2.24) is 0 Å². The van der Waals surface area contributed by atoms with Gasteiger partial charge in [-0.2, -0.15) is 0 Å². The van der Waals surface area contributed by atoms with Crippen LogP contribution in [0.15, 0.2) is 24.3 Å². The average molecular weight is 180 g/mol. The van der Waals surface area contributed by atoms with Gasteiger partial charge in [0.1, 0.15) is 11.9 Å². The third-order valence-corrected chi connectivity index (χ3v) is 2.17. The molecule has 2 rings (SSSR count). The molecular formula is C10H12O3. The van der Waals surface area contributed by atoms with Crippen molar-refractivity contribution in [2.75, 3.05) is 6.61 Å². The molecule has 0 unspecified atom stereocenters. The van der Waals surface area contributed by atoms with E-state index in [4.69, 9.17) is 9.84 Å². The summed E-state index contributed by atoms with van der Waals surface area (Å²) in [5.74, 6) is 0.251. The Labute approximate surface area is 76.6 Å². The fourth-order valence-corrected chi connectivity index (χ4v) is 1.28. The highest BCUT2D eigenvalue weighted by molar-refractivity contribution is 5.26. The summed E-state index contributed by atoms with van der Waals surface area (Å²) < 4.78 is 4.97. The molecule has 0 saturated carbocycles. The molecule has 1 aromatic rings. The van der Waals surface area contributed by atoms with Gasteiger partial charge in [-0.15, -0.1) is 0 Å². The molecule has 13 heavy (non-hydrogen) atoms. The Kier molecular flexibility index (Phi) is 2.20. The van der Waals surface area contributed by atoms with E-state index in [9.17, 15) is 5.11 Å². The van der Waals surface area contributed by atoms with Gasteiger partial charge in [-0.3, -0.25) is 0 Å². The van der Waals surface area contributed by atoms with Crippen molar-refractivity contribution < 1.29 is 14.9 Å². The number of hydrogen-bond donors (Lipinski definition) is 2. The second-order valence-electron chi connectivity index (χ2n) is 3.31. The van der Waals surface area contributed by atoms with Crippen LogP contribution in [0.3, 0.4) is 0 Å². The van der Waals surface area contributed by atoms with Crippen molar-refractivity contribution >= 4 is 0 Å². The average Bonchev–Trinajstić information content (AvgIpc) is 2.91. The molecule has 3 nitrogen and oxygen atoms in total. The molecular weight excluding hydrogens is 168 g/mol. The maximum atomic E-state index is 9.52. The Bertz CT molecular complexity index is 277. The van der Waals surface area contributed by atoms with Gasteiger partial charge in [0, 0.05) is 6.42 Å². The third kappa shape index (κ3) is 2.20. The van der Waals surface area contributed by atoms with Crippen LogP contribution in [0.4, 0.5) is 0 Å². The normalized spacial score (nSPS) is 22.7. The third-order valence-electron chi connectivity index (χ3n) is 2.17. The summed E-state index contributed by atoms with van der Waals surface area (Å²) in [6, 6.07) is 6.85. The van der Waals surface area contributed by atoms with Crippen molar-refractivity contribution in [3.8, 4) is 5.75 Å². The van der Waals surface area contributed by atoms with Crippen LogP contribution in [-0.2, 0) is 11.2 Å². The number of rotatable bonds is 3. The van der Waals surface area contributed by atoms with E-state index in [2.05, 4.69) is 0 Å². The highest BCUT2D eigenvalue weighted by Crippen LogP contribution is 2.18. The molecule has 1 aromatic carbocycles. The molecule has 2 N–H and O–H groups in total. The molecule has 70 valence electrons. The molecule has 0 amide bonds. The van der Waals surface area contributed by atoms with Crippen molar-refractivity contribution in [1.29, 1.82) is 0 Å². The molecule has 0 aromatic heterocycles. The van der Waals surface area contributed by atoms with E-state index in [1.807, 2.05) is 0 Å². The number of aromatic hydroxyl groups is 1. The molecule has 0 radical (unpaired) electrons. The topological polar surface area (TPSA) is 53.0 Å². The Morgan fingerprint density at radius 3 is 2.54 bits per heavy atom. The van der Waals surface area contributed by atoms with Crippen molar-refractivity contribution in [2.45, 2.75) is 18.6 Å². The zero-order chi connectivity index (χ0) is 9.26. The number of aliphatic hydroxyl groups is 1. The zero-order valence-electron chi connectivity index (χ0n) is 7.18. The summed E-state index contributed by atoms with van der Waals surface area (Å²) in [5, 5.41) is 18.5. The quantitative estimate of drug-likeness (QED) is 0.673. The molecule has 1 aliphatic heterocycles. The number of phenols is 1. The van der Waals surface area contributed by atoms with Crippen LogP contribution in [0.2, 0.25) is 0 Å². The lowest BCUT2D eigenvalue weighted by Crippen LogP contribution is -2.17.